The zero-order valence-electron chi connectivity index (χ0n) is 88.2. The smallest absolute Gasteiger partial charge is 1.00 e. The predicted molar refractivity (Wildman–Crippen MR) is 577 cm³/mol. The molecule has 4 atom stereocenters. The number of aromatic nitrogens is 12. The fraction of sp³-hybridized carbons (Fsp3) is 0.623. The number of alkyl halides is 2. The molecular formula is C106H158Br2Cl6K2N12O15. The van der Waals surface area contributed by atoms with E-state index in [1.54, 1.807) is 32.2 Å². The van der Waals surface area contributed by atoms with Crippen LogP contribution >= 0.6 is 101 Å². The average molecular weight is 2290 g/mol. The normalized spacial score (nSPS) is 11.5. The number of carboxylic acid groups (broad SMARTS) is 2. The third-order valence-corrected chi connectivity index (χ3v) is 26.4. The van der Waals surface area contributed by atoms with Crippen molar-refractivity contribution >= 4 is 165 Å². The Morgan fingerprint density at radius 3 is 1.01 bits per heavy atom. The van der Waals surface area contributed by atoms with Crippen LogP contribution in [0.1, 0.15) is 393 Å². The van der Waals surface area contributed by atoms with E-state index in [0.29, 0.717) is 52.9 Å². The largest absolute Gasteiger partial charge is 1.00 e. The van der Waals surface area contributed by atoms with E-state index < -0.39 is 24.0 Å². The van der Waals surface area contributed by atoms with Gasteiger partial charge in [0.1, 0.15) is 70.1 Å². The van der Waals surface area contributed by atoms with E-state index in [1.165, 1.54) is 280 Å². The number of H-pyrrole nitrogens is 1. The predicted octanol–water partition coefficient (Wildman–Crippen LogP) is 24.5. The number of imidazole rings is 3. The number of nitrogens with one attached hydrogen (secondary N) is 1. The number of aliphatic hydroxyl groups excluding tert-OH is 1. The molecule has 0 radical (unpaired) electrons. The van der Waals surface area contributed by atoms with Crippen molar-refractivity contribution in [2.45, 2.75) is 403 Å². The van der Waals surface area contributed by atoms with Crippen molar-refractivity contribution < 1.29 is 179 Å². The number of methoxy groups -OCH3 is 3. The van der Waals surface area contributed by atoms with E-state index in [2.05, 4.69) is 121 Å². The van der Waals surface area contributed by atoms with Gasteiger partial charge in [0.15, 0.2) is 32.4 Å². The molecule has 0 aliphatic heterocycles. The van der Waals surface area contributed by atoms with Crippen molar-refractivity contribution in [3.8, 4) is 30.1 Å². The van der Waals surface area contributed by atoms with Crippen LogP contribution in [0.25, 0.3) is 33.5 Å². The van der Waals surface area contributed by atoms with Gasteiger partial charge in [-0.3, -0.25) is 14.4 Å². The summed E-state index contributed by atoms with van der Waals surface area (Å²) < 4.78 is 35.4. The van der Waals surface area contributed by atoms with E-state index in [1.807, 2.05) is 72.8 Å². The van der Waals surface area contributed by atoms with Crippen LogP contribution in [0.4, 0.5) is 0 Å². The maximum absolute atomic E-state index is 13.3. The van der Waals surface area contributed by atoms with E-state index in [-0.39, 0.29) is 177 Å². The number of fused-ring (bicyclic) bond motifs is 3. The number of terminal acetylenes is 1. The van der Waals surface area contributed by atoms with E-state index in [4.69, 9.17) is 115 Å². The van der Waals surface area contributed by atoms with Crippen molar-refractivity contribution in [1.29, 1.82) is 0 Å². The fourth-order valence-corrected chi connectivity index (χ4v) is 17.3. The van der Waals surface area contributed by atoms with Crippen molar-refractivity contribution in [2.24, 2.45) is 0 Å². The summed E-state index contributed by atoms with van der Waals surface area (Å²) in [5.41, 5.74) is 5.43. The van der Waals surface area contributed by atoms with Gasteiger partial charge in [-0.15, -0.1) is 12.8 Å². The molecule has 0 aliphatic carbocycles. The SMILES string of the molecule is CCCCCCCCCCCCCCC(Br)C(=O)O.CCCCCCCCCCCCCCC(Br)C(=O)OCc1ccc(OC)cc1.CCCCCCCCCCCCCCC(C(=O)O)n1cnc2c(Cl)nc(Cl)nc21.CCCCCCCCCCCCCCC(C(=O)OCc1ccc(OC)cc1)n1cnc2c(Cl)nc(Cl)nc21.COc1ccc(CO)cc1.Clc1nc(Cl)c2[nH]cnc2n1.O=CO[O-].[2H]C#C.[H-].[K+].[K+]. The molecule has 0 saturated heterocycles. The summed E-state index contributed by atoms with van der Waals surface area (Å²) in [4.78, 5) is 97.3. The van der Waals surface area contributed by atoms with Crippen molar-refractivity contribution in [3.05, 3.63) is 140 Å². The summed E-state index contributed by atoms with van der Waals surface area (Å²) in [6, 6.07) is 21.0. The Labute approximate surface area is 985 Å². The first-order chi connectivity index (χ1) is 68.9. The van der Waals surface area contributed by atoms with Crippen LogP contribution in [0.2, 0.25) is 31.3 Å². The molecule has 6 aromatic heterocycles. The van der Waals surface area contributed by atoms with Gasteiger partial charge in [-0.05, 0) is 114 Å². The molecule has 0 aliphatic rings. The van der Waals surface area contributed by atoms with Gasteiger partial charge in [-0.1, -0.05) is 439 Å². The van der Waals surface area contributed by atoms with E-state index in [0.717, 1.165) is 98.1 Å². The Morgan fingerprint density at radius 2 is 0.699 bits per heavy atom. The maximum atomic E-state index is 13.3. The van der Waals surface area contributed by atoms with Crippen LogP contribution < -0.4 is 122 Å². The Hall–Kier alpha value is -4.49. The number of benzene rings is 3. The molecule has 143 heavy (non-hydrogen) atoms. The number of halogens is 8. The zero-order valence-corrected chi connectivity index (χ0v) is 100. The quantitative estimate of drug-likeness (QED) is 0.00263. The number of rotatable bonds is 67. The minimum Gasteiger partial charge on any atom is -1.00 e. The number of aliphatic carboxylic acids is 2. The van der Waals surface area contributed by atoms with Gasteiger partial charge in [-0.25, -0.2) is 39.5 Å². The van der Waals surface area contributed by atoms with Crippen LogP contribution in [0.3, 0.4) is 0 Å². The van der Waals surface area contributed by atoms with Crippen LogP contribution in [-0.2, 0) is 58.2 Å². The summed E-state index contributed by atoms with van der Waals surface area (Å²) in [5.74, 6) is 0.232. The molecule has 3 aromatic carbocycles. The molecule has 9 rings (SSSR count). The van der Waals surface area contributed by atoms with E-state index >= 15 is 0 Å². The number of aliphatic hydroxyl groups is 1. The number of hydrogen-bond acceptors (Lipinski definition) is 22. The first-order valence-electron chi connectivity index (χ1n) is 51.2. The van der Waals surface area contributed by atoms with Gasteiger partial charge in [0, 0.05) is 0 Å². The number of carboxylic acids is 2. The summed E-state index contributed by atoms with van der Waals surface area (Å²) in [6.07, 6.45) is 74.8. The van der Waals surface area contributed by atoms with Gasteiger partial charge in [-0.2, -0.15) is 15.0 Å². The first kappa shape index (κ1) is 137. The minimum absolute atomic E-state index is 0. The standard InChI is InChI=1S/C29H40Cl2N4O3.C24H39BrO3.C21H32Cl2N4O2.C16H31BrO2.C8H10O2.C5H2Cl2N4.C2H2.CH2O3.2K.H/c1-3-4-5-6-7-8-9-10-11-12-13-14-15-24(28(36)38-20-22-16-18-23(37-2)19-17-22)35-21-32-25-26(30)33-29(31)34-27(25)35;1-3-4-5-6-7-8-9-10-11-12-13-14-15-23(25)24(26)28-20-21-16-18-22(27-2)19-17-21;1-2-3-4-5-6-7-8-9-10-11-12-13-14-16(20(28)29)27-15-24-17-18(22)25-21(23)26-19(17)27;1-2-3-4-5-6-7-8-9-10-11-12-13-14-15(17)16(18)19;1-10-8-4-2-7(6-9)3-5-8;6-3-2-4(9-1-8-2)11-5(7)10-3;1-2;2-1-4-3;;;/h16-19,21,24H,3-15,20H2,1-2H3;16-19,23H,3-15,20H2,1-2H3;15-16H,2-14H2,1H3,(H,28,29);15H,2-14H2,1H3,(H,18,19);2-5,9H,6H2,1H3;1H,(H,8,9,10,11);1-2H;1,3H;;;/q;;;;;;;;2*+1;-1/p-1/i;;;;;;1D;;;;. The number of hydrogen-bond donors (Lipinski definition) is 4. The Kier molecular flexibility index (Phi) is 88.2. The molecular weight excluding hydrogens is 2130 g/mol. The number of ether oxygens (including phenoxy) is 5. The Morgan fingerprint density at radius 1 is 0.420 bits per heavy atom. The fourth-order valence-electron chi connectivity index (χ4n) is 15.3. The molecule has 6 heterocycles. The maximum Gasteiger partial charge on any atom is 1.00 e. The minimum atomic E-state index is -0.904. The van der Waals surface area contributed by atoms with E-state index in [9.17, 15) is 24.3 Å². The molecule has 27 nitrogen and oxygen atoms in total. The van der Waals surface area contributed by atoms with Gasteiger partial charge >= 0.3 is 127 Å². The molecule has 0 bridgehead atoms. The molecule has 4 N–H and O–H groups in total. The van der Waals surface area contributed by atoms with Crippen molar-refractivity contribution in [2.75, 3.05) is 21.3 Å². The second kappa shape index (κ2) is 92.4. The van der Waals surface area contributed by atoms with Crippen LogP contribution in [-0.4, -0.2) is 136 Å². The summed E-state index contributed by atoms with van der Waals surface area (Å²) in [5, 5.41) is 36.2. The Bertz CT molecular complexity index is 4780. The number of carbonyl (C=O) groups is 5. The second-order valence-corrected chi connectivity index (χ2v) is 38.9. The van der Waals surface area contributed by atoms with Gasteiger partial charge < -0.3 is 64.7 Å². The topological polar surface area (TPSA) is 366 Å². The zero-order chi connectivity index (χ0) is 104. The molecule has 790 valence electrons. The average Bonchev–Trinajstić information content (AvgIpc) is 1.65. The summed E-state index contributed by atoms with van der Waals surface area (Å²) in [7, 11) is 4.88. The number of esters is 2. The van der Waals surface area contributed by atoms with Gasteiger partial charge in [0.25, 0.3) is 6.47 Å². The molecule has 0 amide bonds. The number of unbranched alkanes of at least 4 members (excludes halogenated alkanes) is 44. The molecule has 0 saturated carbocycles. The molecule has 0 spiro atoms. The third-order valence-electron chi connectivity index (χ3n) is 23.4. The number of nitrogens with zero attached hydrogens (tertiary/aromatic N) is 11. The molecule has 0 fully saturated rings. The molecule has 4 unspecified atom stereocenters. The van der Waals surface area contributed by atoms with Crippen LogP contribution in [0.5, 0.6) is 17.2 Å². The summed E-state index contributed by atoms with van der Waals surface area (Å²) in [6.45, 7) is 9.41. The number of aromatic amines is 1. The second-order valence-electron chi connectivity index (χ2n) is 34.6. The van der Waals surface area contributed by atoms with Gasteiger partial charge in [0.2, 0.25) is 15.9 Å². The molecule has 37 heteroatoms. The number of carbonyl (C=O) groups excluding carboxylic acids is 3. The monoisotopic (exact) mass is 2290 g/mol. The van der Waals surface area contributed by atoms with Crippen LogP contribution in [0.15, 0.2) is 91.8 Å². The molecule has 9 aromatic rings. The van der Waals surface area contributed by atoms with Crippen LogP contribution in [0, 0.1) is 12.8 Å². The van der Waals surface area contributed by atoms with Crippen molar-refractivity contribution in [1.82, 2.24) is 59.0 Å². The third kappa shape index (κ3) is 65.4. The summed E-state index contributed by atoms with van der Waals surface area (Å²) >= 11 is 42.0. The Balaban J connectivity index is 0. The van der Waals surface area contributed by atoms with Crippen molar-refractivity contribution in [3.63, 3.8) is 0 Å². The first-order valence-corrected chi connectivity index (χ1v) is 54.8. The van der Waals surface area contributed by atoms with Gasteiger partial charge in [0.05, 0.1) is 46.9 Å².